The van der Waals surface area contributed by atoms with Crippen molar-refractivity contribution >= 4 is 34.8 Å². The summed E-state index contributed by atoms with van der Waals surface area (Å²) in [5.41, 5.74) is 7.98. The molecular weight excluding hydrogens is 390 g/mol. The van der Waals surface area contributed by atoms with Crippen molar-refractivity contribution in [2.75, 3.05) is 23.3 Å². The molecule has 3 aromatic rings. The van der Waals surface area contributed by atoms with Crippen LogP contribution >= 0.6 is 11.6 Å². The van der Waals surface area contributed by atoms with E-state index in [1.807, 2.05) is 18.2 Å². The normalized spacial score (nSPS) is 13.5. The molecule has 0 aliphatic carbocycles. The van der Waals surface area contributed by atoms with Gasteiger partial charge < -0.3 is 20.4 Å². The van der Waals surface area contributed by atoms with Gasteiger partial charge in [0.25, 0.3) is 5.91 Å². The van der Waals surface area contributed by atoms with E-state index in [9.17, 15) is 9.59 Å². The van der Waals surface area contributed by atoms with Gasteiger partial charge in [-0.25, -0.2) is 0 Å². The number of hydrogen-bond acceptors (Lipinski definition) is 4. The second-order valence-corrected chi connectivity index (χ2v) is 7.35. The molecule has 0 spiro atoms. The fourth-order valence-electron chi connectivity index (χ4n) is 3.44. The number of primary amides is 1. The lowest BCUT2D eigenvalue weighted by molar-refractivity contribution is 0.0988. The molecular formula is C22H20ClN3O3. The first-order chi connectivity index (χ1) is 14.0. The summed E-state index contributed by atoms with van der Waals surface area (Å²) in [5, 5.41) is 3.50. The van der Waals surface area contributed by atoms with E-state index >= 15 is 0 Å². The third-order valence-electron chi connectivity index (χ3n) is 4.93. The lowest BCUT2D eigenvalue weighted by Gasteiger charge is -2.22. The van der Waals surface area contributed by atoms with E-state index in [0.29, 0.717) is 22.0 Å². The zero-order valence-electron chi connectivity index (χ0n) is 15.7. The zero-order chi connectivity index (χ0) is 20.4. The number of hydrogen-bond donors (Lipinski definition) is 2. The van der Waals surface area contributed by atoms with Crippen molar-refractivity contribution in [2.45, 2.75) is 12.8 Å². The van der Waals surface area contributed by atoms with Crippen LogP contribution in [0.25, 0.3) is 11.3 Å². The van der Waals surface area contributed by atoms with Gasteiger partial charge in [-0.15, -0.1) is 0 Å². The molecule has 0 bridgehead atoms. The van der Waals surface area contributed by atoms with Crippen LogP contribution in [0, 0.1) is 0 Å². The number of rotatable bonds is 5. The molecule has 1 saturated heterocycles. The van der Waals surface area contributed by atoms with Gasteiger partial charge >= 0.3 is 0 Å². The maximum atomic E-state index is 12.8. The van der Waals surface area contributed by atoms with Crippen molar-refractivity contribution in [1.29, 1.82) is 0 Å². The van der Waals surface area contributed by atoms with Crippen LogP contribution in [-0.2, 0) is 0 Å². The van der Waals surface area contributed by atoms with Gasteiger partial charge in [0.05, 0.1) is 11.4 Å². The number of nitrogens with zero attached hydrogens (tertiary/aromatic N) is 1. The number of halogens is 1. The minimum atomic E-state index is -0.545. The maximum absolute atomic E-state index is 12.8. The molecule has 0 saturated carbocycles. The predicted molar refractivity (Wildman–Crippen MR) is 114 cm³/mol. The van der Waals surface area contributed by atoms with Crippen LogP contribution in [-0.4, -0.2) is 24.9 Å². The molecule has 148 valence electrons. The Balaban J connectivity index is 1.60. The number of benzene rings is 2. The first-order valence-electron chi connectivity index (χ1n) is 9.37. The second kappa shape index (κ2) is 8.01. The summed E-state index contributed by atoms with van der Waals surface area (Å²) >= 11 is 5.92. The molecule has 0 radical (unpaired) electrons. The molecule has 3 N–H and O–H groups in total. The SMILES string of the molecule is NC(=O)c1ccc(N2CCCC2)c(NC(=O)c2ccc(-c3ccc(Cl)cc3)o2)c1. The summed E-state index contributed by atoms with van der Waals surface area (Å²) in [6.07, 6.45) is 2.18. The number of furan rings is 1. The van der Waals surface area contributed by atoms with Crippen LogP contribution in [0.5, 0.6) is 0 Å². The average molecular weight is 410 g/mol. The molecule has 2 amide bonds. The first-order valence-corrected chi connectivity index (χ1v) is 9.75. The summed E-state index contributed by atoms with van der Waals surface area (Å²) in [6.45, 7) is 1.81. The van der Waals surface area contributed by atoms with Crippen LogP contribution in [0.4, 0.5) is 11.4 Å². The molecule has 0 atom stereocenters. The molecule has 0 unspecified atom stereocenters. The minimum absolute atomic E-state index is 0.173. The van der Waals surface area contributed by atoms with E-state index < -0.39 is 11.8 Å². The zero-order valence-corrected chi connectivity index (χ0v) is 16.4. The Hall–Kier alpha value is -3.25. The molecule has 1 aliphatic heterocycles. The fraction of sp³-hybridized carbons (Fsp3) is 0.182. The molecule has 6 nitrogen and oxygen atoms in total. The average Bonchev–Trinajstić information content (AvgIpc) is 3.41. The van der Waals surface area contributed by atoms with Crippen LogP contribution < -0.4 is 16.0 Å². The molecule has 1 fully saturated rings. The molecule has 1 aliphatic rings. The highest BCUT2D eigenvalue weighted by Crippen LogP contribution is 2.31. The monoisotopic (exact) mass is 409 g/mol. The third-order valence-corrected chi connectivity index (χ3v) is 5.19. The van der Waals surface area contributed by atoms with E-state index in [1.165, 1.54) is 0 Å². The van der Waals surface area contributed by atoms with Gasteiger partial charge in [-0.1, -0.05) is 11.6 Å². The lowest BCUT2D eigenvalue weighted by Crippen LogP contribution is -2.22. The van der Waals surface area contributed by atoms with Gasteiger partial charge in [-0.2, -0.15) is 0 Å². The number of carbonyl (C=O) groups excluding carboxylic acids is 2. The largest absolute Gasteiger partial charge is 0.451 e. The Morgan fingerprint density at radius 2 is 1.72 bits per heavy atom. The van der Waals surface area contributed by atoms with Gasteiger partial charge in [0, 0.05) is 29.2 Å². The number of nitrogens with two attached hydrogens (primary N) is 1. The fourth-order valence-corrected chi connectivity index (χ4v) is 3.56. The van der Waals surface area contributed by atoms with Crippen molar-refractivity contribution in [1.82, 2.24) is 0 Å². The van der Waals surface area contributed by atoms with Crippen molar-refractivity contribution in [2.24, 2.45) is 5.73 Å². The lowest BCUT2D eigenvalue weighted by atomic mass is 10.1. The molecule has 1 aromatic heterocycles. The Bertz CT molecular complexity index is 1050. The van der Waals surface area contributed by atoms with Crippen LogP contribution in [0.1, 0.15) is 33.8 Å². The van der Waals surface area contributed by atoms with E-state index in [0.717, 1.165) is 37.2 Å². The Morgan fingerprint density at radius 3 is 2.41 bits per heavy atom. The van der Waals surface area contributed by atoms with E-state index in [2.05, 4.69) is 10.2 Å². The van der Waals surface area contributed by atoms with Gasteiger partial charge in [0.15, 0.2) is 5.76 Å². The summed E-state index contributed by atoms with van der Waals surface area (Å²) < 4.78 is 5.73. The highest BCUT2D eigenvalue weighted by molar-refractivity contribution is 6.30. The minimum Gasteiger partial charge on any atom is -0.451 e. The molecule has 7 heteroatoms. The van der Waals surface area contributed by atoms with E-state index in [-0.39, 0.29) is 5.76 Å². The molecule has 4 rings (SSSR count). The van der Waals surface area contributed by atoms with Gasteiger partial charge in [-0.05, 0) is 67.4 Å². The Kier molecular flexibility index (Phi) is 5.27. The molecule has 29 heavy (non-hydrogen) atoms. The topological polar surface area (TPSA) is 88.6 Å². The summed E-state index contributed by atoms with van der Waals surface area (Å²) in [5.74, 6) is -0.201. The molecule has 2 heterocycles. The quantitative estimate of drug-likeness (QED) is 0.646. The van der Waals surface area contributed by atoms with Gasteiger partial charge in [-0.3, -0.25) is 9.59 Å². The standard InChI is InChI=1S/C22H20ClN3O3/c23-16-6-3-14(4-7-16)19-9-10-20(29-19)22(28)25-17-13-15(21(24)27)5-8-18(17)26-11-1-2-12-26/h3-10,13H,1-2,11-12H2,(H2,24,27)(H,25,28). The second-order valence-electron chi connectivity index (χ2n) is 6.92. The summed E-state index contributed by atoms with van der Waals surface area (Å²) in [7, 11) is 0. The maximum Gasteiger partial charge on any atom is 0.291 e. The van der Waals surface area contributed by atoms with Gasteiger partial charge in [0.2, 0.25) is 5.91 Å². The number of nitrogens with one attached hydrogen (secondary N) is 1. The number of carbonyl (C=O) groups is 2. The van der Waals surface area contributed by atoms with Gasteiger partial charge in [0.1, 0.15) is 5.76 Å². The number of anilines is 2. The predicted octanol–water partition coefficient (Wildman–Crippen LogP) is 4.55. The Labute approximate surface area is 173 Å². The van der Waals surface area contributed by atoms with E-state index in [1.54, 1.807) is 36.4 Å². The van der Waals surface area contributed by atoms with Crippen LogP contribution in [0.15, 0.2) is 59.0 Å². The smallest absolute Gasteiger partial charge is 0.291 e. The highest BCUT2D eigenvalue weighted by Gasteiger charge is 2.20. The highest BCUT2D eigenvalue weighted by atomic mass is 35.5. The van der Waals surface area contributed by atoms with Crippen molar-refractivity contribution in [3.63, 3.8) is 0 Å². The summed E-state index contributed by atoms with van der Waals surface area (Å²) in [6, 6.07) is 15.6. The van der Waals surface area contributed by atoms with E-state index in [4.69, 9.17) is 21.8 Å². The Morgan fingerprint density at radius 1 is 1.00 bits per heavy atom. The van der Waals surface area contributed by atoms with Crippen LogP contribution in [0.2, 0.25) is 5.02 Å². The third kappa shape index (κ3) is 4.12. The van der Waals surface area contributed by atoms with Crippen LogP contribution in [0.3, 0.4) is 0 Å². The van der Waals surface area contributed by atoms with Crippen molar-refractivity contribution < 1.29 is 14.0 Å². The summed E-state index contributed by atoms with van der Waals surface area (Å²) in [4.78, 5) is 26.6. The number of amides is 2. The molecule has 2 aromatic carbocycles. The first kappa shape index (κ1) is 19.1. The van der Waals surface area contributed by atoms with Crippen molar-refractivity contribution in [3.8, 4) is 11.3 Å². The van der Waals surface area contributed by atoms with Crippen molar-refractivity contribution in [3.05, 3.63) is 70.9 Å².